The number of anilines is 1. The van der Waals surface area contributed by atoms with Gasteiger partial charge in [0.1, 0.15) is 24.0 Å². The Morgan fingerprint density at radius 2 is 1.91 bits per heavy atom. The molecule has 0 radical (unpaired) electrons. The maximum atomic E-state index is 13.3. The van der Waals surface area contributed by atoms with Gasteiger partial charge in [0.25, 0.3) is 5.78 Å². The van der Waals surface area contributed by atoms with Gasteiger partial charge in [-0.1, -0.05) is 11.3 Å². The van der Waals surface area contributed by atoms with E-state index in [-0.39, 0.29) is 32.2 Å². The topological polar surface area (TPSA) is 131 Å². The van der Waals surface area contributed by atoms with Crippen LogP contribution in [0.15, 0.2) is 40.4 Å². The van der Waals surface area contributed by atoms with Crippen LogP contribution in [0.25, 0.3) is 5.76 Å². The number of phenolic OH excluding ortho intramolecular Hbond substituents is 1. The van der Waals surface area contributed by atoms with Crippen LogP contribution in [0.4, 0.5) is 5.13 Å². The van der Waals surface area contributed by atoms with Crippen LogP contribution >= 0.6 is 27.3 Å². The van der Waals surface area contributed by atoms with E-state index in [2.05, 4.69) is 26.1 Å². The number of aromatic nitrogens is 2. The van der Waals surface area contributed by atoms with Crippen molar-refractivity contribution in [3.63, 3.8) is 0 Å². The summed E-state index contributed by atoms with van der Waals surface area (Å²) in [6.07, 6.45) is 0. The van der Waals surface area contributed by atoms with Crippen molar-refractivity contribution in [2.75, 3.05) is 25.2 Å². The molecular weight excluding hydrogens is 542 g/mol. The van der Waals surface area contributed by atoms with Gasteiger partial charge in [0.15, 0.2) is 23.0 Å². The lowest BCUT2D eigenvalue weighted by Crippen LogP contribution is -2.29. The molecule has 0 bridgehead atoms. The summed E-state index contributed by atoms with van der Waals surface area (Å²) < 4.78 is 16.7. The van der Waals surface area contributed by atoms with Crippen molar-refractivity contribution in [2.24, 2.45) is 0 Å². The fourth-order valence-corrected chi connectivity index (χ4v) is 5.16. The highest BCUT2D eigenvalue weighted by Crippen LogP contribution is 2.47. The molecule has 1 atom stereocenters. The number of ether oxygens (including phenoxy) is 3. The first-order valence-corrected chi connectivity index (χ1v) is 12.0. The fourth-order valence-electron chi connectivity index (χ4n) is 3.98. The maximum Gasteiger partial charge on any atom is 0.301 e. The molecule has 2 aliphatic rings. The van der Waals surface area contributed by atoms with Crippen molar-refractivity contribution in [1.29, 1.82) is 0 Å². The largest absolute Gasteiger partial charge is 0.507 e. The van der Waals surface area contributed by atoms with Gasteiger partial charge >= 0.3 is 5.91 Å². The second-order valence-electron chi connectivity index (χ2n) is 7.68. The zero-order valence-electron chi connectivity index (χ0n) is 18.4. The lowest BCUT2D eigenvalue weighted by molar-refractivity contribution is -0.132. The van der Waals surface area contributed by atoms with Crippen LogP contribution in [0.3, 0.4) is 0 Å². The Hall–Kier alpha value is -3.64. The Labute approximate surface area is 211 Å². The van der Waals surface area contributed by atoms with Crippen molar-refractivity contribution in [2.45, 2.75) is 13.0 Å². The highest BCUT2D eigenvalue weighted by atomic mass is 79.9. The number of aliphatic hydroxyl groups excluding tert-OH is 1. The Bertz CT molecular complexity index is 1400. The number of nitrogens with zero attached hydrogens (tertiary/aromatic N) is 3. The molecular formula is C23H18BrN3O7S. The minimum atomic E-state index is -1.07. The number of Topliss-reactive ketones (excluding diaryl/α,β-unsaturated/α-hetero) is 1. The Morgan fingerprint density at radius 3 is 2.60 bits per heavy atom. The molecule has 5 rings (SSSR count). The number of benzene rings is 2. The van der Waals surface area contributed by atoms with Gasteiger partial charge in [-0.25, -0.2) is 0 Å². The lowest BCUT2D eigenvalue weighted by Gasteiger charge is -2.24. The van der Waals surface area contributed by atoms with Crippen LogP contribution in [0.2, 0.25) is 0 Å². The average molecular weight is 560 g/mol. The van der Waals surface area contributed by atoms with E-state index < -0.39 is 23.5 Å². The number of aromatic hydroxyl groups is 1. The summed E-state index contributed by atoms with van der Waals surface area (Å²) in [4.78, 5) is 27.7. The van der Waals surface area contributed by atoms with Gasteiger partial charge in [0.2, 0.25) is 5.13 Å². The van der Waals surface area contributed by atoms with Crippen molar-refractivity contribution in [1.82, 2.24) is 10.2 Å². The molecule has 35 heavy (non-hydrogen) atoms. The first-order chi connectivity index (χ1) is 16.8. The highest BCUT2D eigenvalue weighted by Gasteiger charge is 2.48. The molecule has 0 spiro atoms. The van der Waals surface area contributed by atoms with Crippen molar-refractivity contribution in [3.8, 4) is 23.0 Å². The Morgan fingerprint density at radius 1 is 1.17 bits per heavy atom. The summed E-state index contributed by atoms with van der Waals surface area (Å²) in [6.45, 7) is 2.48. The Kier molecular flexibility index (Phi) is 5.85. The summed E-state index contributed by atoms with van der Waals surface area (Å²) in [7, 11) is 1.38. The molecule has 1 saturated heterocycles. The minimum Gasteiger partial charge on any atom is -0.507 e. The monoisotopic (exact) mass is 559 g/mol. The van der Waals surface area contributed by atoms with Crippen LogP contribution in [-0.2, 0) is 9.59 Å². The lowest BCUT2D eigenvalue weighted by atomic mass is 9.95. The standard InChI is InChI=1S/C23H18BrN3O7S/c1-10-25-26-23(35-10)27-18(12-7-13(24)20(29)16(9-12)32-2)17(21(30)22(27)31)19(28)11-3-4-14-15(8-11)34-6-5-33-14/h3-4,7-9,18,28-29H,5-6H2,1-2H3/b19-17+/t18-/m1/s1. The summed E-state index contributed by atoms with van der Waals surface area (Å²) in [5, 5.41) is 30.4. The quantitative estimate of drug-likeness (QED) is 0.279. The molecule has 0 unspecified atom stereocenters. The zero-order valence-corrected chi connectivity index (χ0v) is 20.8. The zero-order chi connectivity index (χ0) is 24.9. The van der Waals surface area contributed by atoms with E-state index in [1.165, 1.54) is 18.1 Å². The molecule has 180 valence electrons. The molecule has 2 N–H and O–H groups in total. The number of fused-ring (bicyclic) bond motifs is 1. The van der Waals surface area contributed by atoms with E-state index in [9.17, 15) is 19.8 Å². The number of rotatable bonds is 4. The Balaban J connectivity index is 1.73. The number of aryl methyl sites for hydroxylation is 1. The number of ketones is 1. The van der Waals surface area contributed by atoms with Gasteiger partial charge in [-0.05, 0) is 58.7 Å². The number of carbonyl (C=O) groups is 2. The molecule has 1 aromatic heterocycles. The van der Waals surface area contributed by atoms with E-state index in [0.29, 0.717) is 35.3 Å². The van der Waals surface area contributed by atoms with Gasteiger partial charge in [0.05, 0.1) is 23.2 Å². The van der Waals surface area contributed by atoms with E-state index in [1.807, 2.05) is 0 Å². The first kappa shape index (κ1) is 23.1. The van der Waals surface area contributed by atoms with E-state index in [0.717, 1.165) is 11.3 Å². The van der Waals surface area contributed by atoms with Crippen LogP contribution in [0.5, 0.6) is 23.0 Å². The fraction of sp³-hybridized carbons (Fsp3) is 0.217. The number of phenols is 1. The summed E-state index contributed by atoms with van der Waals surface area (Å²) in [5.41, 5.74) is 0.521. The molecule has 10 nitrogen and oxygen atoms in total. The second-order valence-corrected chi connectivity index (χ2v) is 9.70. The molecule has 1 amide bonds. The first-order valence-electron chi connectivity index (χ1n) is 10.4. The van der Waals surface area contributed by atoms with Gasteiger partial charge in [0, 0.05) is 5.56 Å². The number of amides is 1. The smallest absolute Gasteiger partial charge is 0.301 e. The summed E-state index contributed by atoms with van der Waals surface area (Å²) in [6, 6.07) is 6.73. The molecule has 0 saturated carbocycles. The number of aliphatic hydroxyl groups is 1. The number of halogens is 1. The van der Waals surface area contributed by atoms with Crippen molar-refractivity contribution in [3.05, 3.63) is 56.5 Å². The van der Waals surface area contributed by atoms with Crippen molar-refractivity contribution >= 4 is 49.8 Å². The van der Waals surface area contributed by atoms with E-state index >= 15 is 0 Å². The maximum absolute atomic E-state index is 13.3. The number of hydrogen-bond acceptors (Lipinski definition) is 10. The average Bonchev–Trinajstić information content (AvgIpc) is 3.40. The predicted molar refractivity (Wildman–Crippen MR) is 129 cm³/mol. The second kappa shape index (κ2) is 8.86. The van der Waals surface area contributed by atoms with Crippen LogP contribution in [0.1, 0.15) is 22.2 Å². The number of methoxy groups -OCH3 is 1. The molecule has 1 fully saturated rings. The number of carbonyl (C=O) groups excluding carboxylic acids is 2. The van der Waals surface area contributed by atoms with E-state index in [1.54, 1.807) is 31.2 Å². The third kappa shape index (κ3) is 3.88. The summed E-state index contributed by atoms with van der Waals surface area (Å²) >= 11 is 4.42. The van der Waals surface area contributed by atoms with Gasteiger partial charge < -0.3 is 24.4 Å². The van der Waals surface area contributed by atoms with Gasteiger partial charge in [-0.2, -0.15) is 0 Å². The highest BCUT2D eigenvalue weighted by molar-refractivity contribution is 9.10. The van der Waals surface area contributed by atoms with Crippen molar-refractivity contribution < 1.29 is 34.0 Å². The normalized spacial score (nSPS) is 18.7. The molecule has 12 heteroatoms. The van der Waals surface area contributed by atoms with Crippen LogP contribution in [0, 0.1) is 6.92 Å². The molecule has 2 aliphatic heterocycles. The SMILES string of the molecule is COc1cc([C@@H]2/C(=C(\O)c3ccc4c(c3)OCCO4)C(=O)C(=O)N2c2nnc(C)s2)cc(Br)c1O. The predicted octanol–water partition coefficient (Wildman–Crippen LogP) is 3.72. The molecule has 2 aromatic carbocycles. The molecule has 0 aliphatic carbocycles. The number of hydrogen-bond donors (Lipinski definition) is 2. The third-order valence-electron chi connectivity index (χ3n) is 5.57. The third-order valence-corrected chi connectivity index (χ3v) is 7.01. The molecule has 3 aromatic rings. The van der Waals surface area contributed by atoms with Crippen LogP contribution < -0.4 is 19.1 Å². The molecule has 3 heterocycles. The van der Waals surface area contributed by atoms with Gasteiger partial charge in [-0.3, -0.25) is 14.5 Å². The summed E-state index contributed by atoms with van der Waals surface area (Å²) in [5.74, 6) is -1.25. The van der Waals surface area contributed by atoms with E-state index in [4.69, 9.17) is 14.2 Å². The van der Waals surface area contributed by atoms with Gasteiger partial charge in [-0.15, -0.1) is 10.2 Å². The van der Waals surface area contributed by atoms with Crippen LogP contribution in [-0.4, -0.2) is 52.4 Å². The minimum absolute atomic E-state index is 0.118.